The smallest absolute Gasteiger partial charge is 0.230 e. The Bertz CT molecular complexity index is 944. The Morgan fingerprint density at radius 3 is 2.53 bits per heavy atom. The molecule has 1 aromatic carbocycles. The van der Waals surface area contributed by atoms with Gasteiger partial charge in [-0.2, -0.15) is 0 Å². The van der Waals surface area contributed by atoms with Gasteiger partial charge in [-0.05, 0) is 57.1 Å². The van der Waals surface area contributed by atoms with Crippen LogP contribution >= 0.6 is 15.9 Å². The number of hydrogen-bond donors (Lipinski definition) is 1. The van der Waals surface area contributed by atoms with Crippen LogP contribution in [-0.2, 0) is 4.79 Å². The maximum Gasteiger partial charge on any atom is 0.230 e. The molecule has 7 nitrogen and oxygen atoms in total. The number of fused-ring (bicyclic) bond motifs is 1. The number of rotatable bonds is 6. The predicted molar refractivity (Wildman–Crippen MR) is 129 cm³/mol. The van der Waals surface area contributed by atoms with Crippen LogP contribution in [0.1, 0.15) is 54.5 Å². The maximum absolute atomic E-state index is 13.5. The molecule has 3 atom stereocenters. The SMILES string of the molecule is C[C@@H]1C[C@@H](O)c2ncnc(N3CCN(C(=O)[C@H](CCN(C)C)c4ccc(Br)cc4)CC3)c21. The second-order valence-electron chi connectivity index (χ2n) is 9.16. The van der Waals surface area contributed by atoms with E-state index in [1.165, 1.54) is 0 Å². The van der Waals surface area contributed by atoms with Crippen molar-refractivity contribution >= 4 is 27.7 Å². The van der Waals surface area contributed by atoms with Crippen LogP contribution in [0, 0.1) is 0 Å². The van der Waals surface area contributed by atoms with Gasteiger partial charge in [0.1, 0.15) is 12.1 Å². The molecule has 32 heavy (non-hydrogen) atoms. The number of carbonyl (C=O) groups is 1. The normalized spacial score (nSPS) is 21.7. The van der Waals surface area contributed by atoms with Crippen molar-refractivity contribution in [2.45, 2.75) is 37.7 Å². The maximum atomic E-state index is 13.5. The van der Waals surface area contributed by atoms with E-state index in [0.717, 1.165) is 53.2 Å². The molecule has 0 unspecified atom stereocenters. The van der Waals surface area contributed by atoms with Gasteiger partial charge in [-0.3, -0.25) is 4.79 Å². The van der Waals surface area contributed by atoms with Crippen LogP contribution < -0.4 is 4.90 Å². The lowest BCUT2D eigenvalue weighted by molar-refractivity contribution is -0.133. The molecule has 172 valence electrons. The minimum Gasteiger partial charge on any atom is -0.387 e. The third-order valence-corrected chi connectivity index (χ3v) is 7.13. The van der Waals surface area contributed by atoms with Gasteiger partial charge in [0.05, 0.1) is 17.7 Å². The van der Waals surface area contributed by atoms with Gasteiger partial charge in [0.25, 0.3) is 0 Å². The van der Waals surface area contributed by atoms with E-state index in [1.807, 2.05) is 31.1 Å². The summed E-state index contributed by atoms with van der Waals surface area (Å²) in [4.78, 5) is 28.8. The average molecular weight is 502 g/mol. The minimum absolute atomic E-state index is 0.143. The molecule has 2 aromatic rings. The van der Waals surface area contributed by atoms with Crippen molar-refractivity contribution in [3.05, 3.63) is 51.9 Å². The van der Waals surface area contributed by atoms with Gasteiger partial charge < -0.3 is 19.8 Å². The van der Waals surface area contributed by atoms with Crippen molar-refractivity contribution in [2.75, 3.05) is 51.7 Å². The third-order valence-electron chi connectivity index (χ3n) is 6.61. The molecule has 0 saturated carbocycles. The Balaban J connectivity index is 1.47. The van der Waals surface area contributed by atoms with Crippen molar-refractivity contribution < 1.29 is 9.90 Å². The Morgan fingerprint density at radius 2 is 1.88 bits per heavy atom. The van der Waals surface area contributed by atoms with Gasteiger partial charge in [-0.1, -0.05) is 35.0 Å². The first-order valence-corrected chi connectivity index (χ1v) is 12.1. The van der Waals surface area contributed by atoms with E-state index in [0.29, 0.717) is 19.5 Å². The highest BCUT2D eigenvalue weighted by molar-refractivity contribution is 9.10. The molecule has 1 aliphatic carbocycles. The quantitative estimate of drug-likeness (QED) is 0.655. The zero-order valence-corrected chi connectivity index (χ0v) is 20.6. The lowest BCUT2D eigenvalue weighted by Gasteiger charge is -2.38. The molecule has 0 bridgehead atoms. The van der Waals surface area contributed by atoms with Gasteiger partial charge in [0, 0.05) is 36.2 Å². The predicted octanol–water partition coefficient (Wildman–Crippen LogP) is 3.16. The molecule has 1 amide bonds. The number of halogens is 1. The summed E-state index contributed by atoms with van der Waals surface area (Å²) in [6, 6.07) is 8.12. The molecule has 1 aliphatic heterocycles. The molecular formula is C24H32BrN5O2. The fourth-order valence-corrected chi connectivity index (χ4v) is 5.09. The molecule has 1 aromatic heterocycles. The topological polar surface area (TPSA) is 72.8 Å². The van der Waals surface area contributed by atoms with Crippen LogP contribution in [0.2, 0.25) is 0 Å². The summed E-state index contributed by atoms with van der Waals surface area (Å²) in [5.74, 6) is 1.22. The summed E-state index contributed by atoms with van der Waals surface area (Å²) in [5, 5.41) is 10.3. The van der Waals surface area contributed by atoms with E-state index in [-0.39, 0.29) is 17.7 Å². The molecule has 1 N–H and O–H groups in total. The van der Waals surface area contributed by atoms with Crippen LogP contribution in [0.25, 0.3) is 0 Å². The summed E-state index contributed by atoms with van der Waals surface area (Å²) in [6.07, 6.45) is 2.54. The number of aliphatic hydroxyl groups is 1. The number of aliphatic hydroxyl groups excluding tert-OH is 1. The van der Waals surface area contributed by atoms with Crippen molar-refractivity contribution in [1.29, 1.82) is 0 Å². The van der Waals surface area contributed by atoms with E-state index in [1.54, 1.807) is 6.33 Å². The average Bonchev–Trinajstić information content (AvgIpc) is 3.08. The Labute approximate surface area is 198 Å². The summed E-state index contributed by atoms with van der Waals surface area (Å²) in [7, 11) is 4.08. The third kappa shape index (κ3) is 4.82. The van der Waals surface area contributed by atoms with Gasteiger partial charge in [-0.15, -0.1) is 0 Å². The Morgan fingerprint density at radius 1 is 1.19 bits per heavy atom. The second kappa shape index (κ2) is 9.85. The van der Waals surface area contributed by atoms with Gasteiger partial charge in [-0.25, -0.2) is 9.97 Å². The highest BCUT2D eigenvalue weighted by atomic mass is 79.9. The summed E-state index contributed by atoms with van der Waals surface area (Å²) in [6.45, 7) is 5.79. The Hall–Kier alpha value is -2.03. The van der Waals surface area contributed by atoms with E-state index < -0.39 is 6.10 Å². The second-order valence-corrected chi connectivity index (χ2v) is 10.1. The summed E-state index contributed by atoms with van der Waals surface area (Å²) < 4.78 is 1.02. The minimum atomic E-state index is -0.506. The number of carbonyl (C=O) groups excluding carboxylic acids is 1. The molecule has 1 fully saturated rings. The zero-order valence-electron chi connectivity index (χ0n) is 19.0. The molecule has 0 radical (unpaired) electrons. The van der Waals surface area contributed by atoms with E-state index >= 15 is 0 Å². The fraction of sp³-hybridized carbons (Fsp3) is 0.542. The number of hydrogen-bond acceptors (Lipinski definition) is 6. The van der Waals surface area contributed by atoms with Crippen molar-refractivity contribution in [3.63, 3.8) is 0 Å². The number of piperazine rings is 1. The van der Waals surface area contributed by atoms with Gasteiger partial charge in [0.2, 0.25) is 5.91 Å². The monoisotopic (exact) mass is 501 g/mol. The summed E-state index contributed by atoms with van der Waals surface area (Å²) >= 11 is 3.49. The van der Waals surface area contributed by atoms with E-state index in [9.17, 15) is 9.90 Å². The first-order valence-electron chi connectivity index (χ1n) is 11.3. The lowest BCUT2D eigenvalue weighted by atomic mass is 9.93. The van der Waals surface area contributed by atoms with Crippen LogP contribution in [0.15, 0.2) is 35.1 Å². The highest BCUT2D eigenvalue weighted by Crippen LogP contribution is 2.42. The molecule has 1 saturated heterocycles. The van der Waals surface area contributed by atoms with Crippen LogP contribution in [0.5, 0.6) is 0 Å². The van der Waals surface area contributed by atoms with Crippen molar-refractivity contribution in [1.82, 2.24) is 19.8 Å². The van der Waals surface area contributed by atoms with Crippen LogP contribution in [0.3, 0.4) is 0 Å². The molecule has 8 heteroatoms. The van der Waals surface area contributed by atoms with Gasteiger partial charge in [0.15, 0.2) is 0 Å². The molecule has 4 rings (SSSR count). The molecule has 0 spiro atoms. The lowest BCUT2D eigenvalue weighted by Crippen LogP contribution is -2.50. The summed E-state index contributed by atoms with van der Waals surface area (Å²) in [5.41, 5.74) is 2.90. The standard InChI is InChI=1S/C24H32BrN5O2/c1-16-14-20(31)22-21(16)23(27-15-26-22)29-10-12-30(13-11-29)24(32)19(8-9-28(2)3)17-4-6-18(25)7-5-17/h4-7,15-16,19-20,31H,8-14H2,1-3H3/t16-,19-,20-/m1/s1. The first-order chi connectivity index (χ1) is 15.3. The van der Waals surface area contributed by atoms with Crippen LogP contribution in [0.4, 0.5) is 5.82 Å². The largest absolute Gasteiger partial charge is 0.387 e. The number of aromatic nitrogens is 2. The van der Waals surface area contributed by atoms with Gasteiger partial charge >= 0.3 is 0 Å². The number of nitrogens with zero attached hydrogens (tertiary/aromatic N) is 5. The molecule has 2 heterocycles. The van der Waals surface area contributed by atoms with Crippen molar-refractivity contribution in [2.24, 2.45) is 0 Å². The molecular weight excluding hydrogens is 470 g/mol. The van der Waals surface area contributed by atoms with E-state index in [2.05, 4.69) is 54.8 Å². The Kier molecular flexibility index (Phi) is 7.12. The first kappa shape index (κ1) is 23.1. The van der Waals surface area contributed by atoms with E-state index in [4.69, 9.17) is 0 Å². The van der Waals surface area contributed by atoms with Crippen LogP contribution in [-0.4, -0.2) is 77.6 Å². The number of benzene rings is 1. The number of amides is 1. The number of anilines is 1. The zero-order chi connectivity index (χ0) is 22.8. The molecule has 2 aliphatic rings. The highest BCUT2D eigenvalue weighted by Gasteiger charge is 2.35. The van der Waals surface area contributed by atoms with Crippen molar-refractivity contribution in [3.8, 4) is 0 Å². The fourth-order valence-electron chi connectivity index (χ4n) is 4.83.